The van der Waals surface area contributed by atoms with Gasteiger partial charge in [-0.3, -0.25) is 4.79 Å². The van der Waals surface area contributed by atoms with Crippen LogP contribution in [0.3, 0.4) is 0 Å². The molecule has 116 valence electrons. The highest BCUT2D eigenvalue weighted by Gasteiger charge is 2.13. The van der Waals surface area contributed by atoms with Crippen LogP contribution in [0.25, 0.3) is 0 Å². The molecule has 2 aromatic rings. The molecule has 0 aromatic heterocycles. The fourth-order valence-corrected chi connectivity index (χ4v) is 2.80. The largest absolute Gasteiger partial charge is 0.328 e. The molecule has 0 fully saturated rings. The summed E-state index contributed by atoms with van der Waals surface area (Å²) in [5, 5.41) is 3.43. The maximum Gasteiger partial charge on any atom is 0.211 e. The van der Waals surface area contributed by atoms with Crippen LogP contribution in [-0.4, -0.2) is 6.41 Å². The van der Waals surface area contributed by atoms with E-state index in [0.29, 0.717) is 11.4 Å². The van der Waals surface area contributed by atoms with Crippen molar-refractivity contribution >= 4 is 23.7 Å². The van der Waals surface area contributed by atoms with Gasteiger partial charge in [-0.25, -0.2) is 0 Å². The fourth-order valence-electron chi connectivity index (χ4n) is 2.62. The third-order valence-corrected chi connectivity index (χ3v) is 4.23. The average molecular weight is 316 g/mol. The van der Waals surface area contributed by atoms with E-state index >= 15 is 0 Å². The Labute approximate surface area is 137 Å². The van der Waals surface area contributed by atoms with Crippen LogP contribution in [0.1, 0.15) is 49.3 Å². The second-order valence-electron chi connectivity index (χ2n) is 5.56. The zero-order valence-electron chi connectivity index (χ0n) is 13.1. The van der Waals surface area contributed by atoms with Crippen LogP contribution in [0, 0.1) is 0 Å². The van der Waals surface area contributed by atoms with Crippen molar-refractivity contribution in [1.29, 1.82) is 0 Å². The number of amides is 1. The Hall–Kier alpha value is -1.80. The normalized spacial score (nSPS) is 12.0. The lowest BCUT2D eigenvalue weighted by Gasteiger charge is -2.17. The summed E-state index contributed by atoms with van der Waals surface area (Å²) in [6.07, 6.45) is 4.26. The van der Waals surface area contributed by atoms with Crippen molar-refractivity contribution in [3.8, 4) is 0 Å². The quantitative estimate of drug-likeness (QED) is 0.681. The first kappa shape index (κ1) is 16.6. The van der Waals surface area contributed by atoms with E-state index < -0.39 is 0 Å². The molecule has 1 atom stereocenters. The van der Waals surface area contributed by atoms with Crippen molar-refractivity contribution in [3.63, 3.8) is 0 Å². The number of nitrogens with one attached hydrogen (secondary N) is 1. The molecule has 0 aliphatic rings. The number of carbonyl (C=O) groups is 1. The molecule has 2 aromatic carbocycles. The molecule has 0 heterocycles. The third kappa shape index (κ3) is 4.11. The molecule has 1 N–H and O–H groups in total. The van der Waals surface area contributed by atoms with Crippen molar-refractivity contribution in [3.05, 3.63) is 64.2 Å². The van der Waals surface area contributed by atoms with Gasteiger partial charge in [-0.1, -0.05) is 56.1 Å². The smallest absolute Gasteiger partial charge is 0.211 e. The standard InChI is InChI=1S/C19H22ClNO/c1-3-4-5-15-6-8-16(9-7-15)14(2)18-12-17(20)10-11-19(18)21-13-22/h6-14H,3-5H2,1-2H3,(H,21,22). The lowest BCUT2D eigenvalue weighted by molar-refractivity contribution is -0.105. The molecule has 2 rings (SSSR count). The number of hydrogen-bond acceptors (Lipinski definition) is 1. The number of aryl methyl sites for hydroxylation is 1. The Morgan fingerprint density at radius 2 is 1.91 bits per heavy atom. The Balaban J connectivity index is 2.25. The molecular weight excluding hydrogens is 294 g/mol. The first-order chi connectivity index (χ1) is 10.7. The van der Waals surface area contributed by atoms with Crippen molar-refractivity contribution in [2.45, 2.75) is 39.0 Å². The second kappa shape index (κ2) is 8.00. The number of halogens is 1. The molecule has 22 heavy (non-hydrogen) atoms. The average Bonchev–Trinajstić information content (AvgIpc) is 2.54. The Kier molecular flexibility index (Phi) is 6.02. The van der Waals surface area contributed by atoms with Gasteiger partial charge in [-0.2, -0.15) is 0 Å². The van der Waals surface area contributed by atoms with Crippen LogP contribution < -0.4 is 5.32 Å². The van der Waals surface area contributed by atoms with E-state index in [-0.39, 0.29) is 5.92 Å². The summed E-state index contributed by atoms with van der Waals surface area (Å²) in [5.41, 5.74) is 4.43. The summed E-state index contributed by atoms with van der Waals surface area (Å²) in [7, 11) is 0. The number of benzene rings is 2. The summed E-state index contributed by atoms with van der Waals surface area (Å²) in [5.74, 6) is 0.168. The zero-order valence-corrected chi connectivity index (χ0v) is 13.9. The Morgan fingerprint density at radius 3 is 2.55 bits per heavy atom. The van der Waals surface area contributed by atoms with Crippen LogP contribution >= 0.6 is 11.6 Å². The van der Waals surface area contributed by atoms with E-state index in [1.807, 2.05) is 12.1 Å². The molecular formula is C19H22ClNO. The number of rotatable bonds is 7. The zero-order chi connectivity index (χ0) is 15.9. The van der Waals surface area contributed by atoms with Crippen molar-refractivity contribution in [2.24, 2.45) is 0 Å². The van der Waals surface area contributed by atoms with E-state index in [1.54, 1.807) is 6.07 Å². The van der Waals surface area contributed by atoms with E-state index in [4.69, 9.17) is 11.6 Å². The summed E-state index contributed by atoms with van der Waals surface area (Å²) in [6, 6.07) is 14.3. The topological polar surface area (TPSA) is 29.1 Å². The Morgan fingerprint density at radius 1 is 1.18 bits per heavy atom. The van der Waals surface area contributed by atoms with E-state index in [2.05, 4.69) is 43.4 Å². The first-order valence-electron chi connectivity index (χ1n) is 7.74. The van der Waals surface area contributed by atoms with Gasteiger partial charge in [0.15, 0.2) is 0 Å². The molecule has 0 spiro atoms. The van der Waals surface area contributed by atoms with E-state index in [9.17, 15) is 4.79 Å². The van der Waals surface area contributed by atoms with Crippen LogP contribution in [0.15, 0.2) is 42.5 Å². The predicted molar refractivity (Wildman–Crippen MR) is 93.7 cm³/mol. The molecule has 0 radical (unpaired) electrons. The molecule has 0 aliphatic carbocycles. The summed E-state index contributed by atoms with van der Waals surface area (Å²) >= 11 is 6.11. The molecule has 0 saturated heterocycles. The lowest BCUT2D eigenvalue weighted by Crippen LogP contribution is -2.03. The van der Waals surface area contributed by atoms with Crippen molar-refractivity contribution in [2.75, 3.05) is 5.32 Å². The van der Waals surface area contributed by atoms with Gasteiger partial charge < -0.3 is 5.32 Å². The van der Waals surface area contributed by atoms with Gasteiger partial charge in [-0.05, 0) is 47.7 Å². The number of unbranched alkanes of at least 4 members (excludes halogenated alkanes) is 1. The summed E-state index contributed by atoms with van der Waals surface area (Å²) < 4.78 is 0. The van der Waals surface area contributed by atoms with Gasteiger partial charge in [0.05, 0.1) is 0 Å². The fraction of sp³-hybridized carbons (Fsp3) is 0.316. The van der Waals surface area contributed by atoms with Gasteiger partial charge in [-0.15, -0.1) is 0 Å². The van der Waals surface area contributed by atoms with Crippen LogP contribution in [0.4, 0.5) is 5.69 Å². The number of anilines is 1. The van der Waals surface area contributed by atoms with Gasteiger partial charge in [0.1, 0.15) is 0 Å². The highest BCUT2D eigenvalue weighted by Crippen LogP contribution is 2.32. The molecule has 3 heteroatoms. The molecule has 0 aliphatic heterocycles. The minimum atomic E-state index is 0.168. The monoisotopic (exact) mass is 315 g/mol. The molecule has 1 amide bonds. The maximum atomic E-state index is 10.8. The minimum Gasteiger partial charge on any atom is -0.328 e. The van der Waals surface area contributed by atoms with Gasteiger partial charge >= 0.3 is 0 Å². The first-order valence-corrected chi connectivity index (χ1v) is 8.12. The summed E-state index contributed by atoms with van der Waals surface area (Å²) in [6.45, 7) is 4.33. The van der Waals surface area contributed by atoms with Crippen molar-refractivity contribution in [1.82, 2.24) is 0 Å². The highest BCUT2D eigenvalue weighted by molar-refractivity contribution is 6.30. The lowest BCUT2D eigenvalue weighted by atomic mass is 9.91. The molecule has 0 saturated carbocycles. The second-order valence-corrected chi connectivity index (χ2v) is 6.00. The van der Waals surface area contributed by atoms with Gasteiger partial charge in [0.2, 0.25) is 6.41 Å². The van der Waals surface area contributed by atoms with Crippen molar-refractivity contribution < 1.29 is 4.79 Å². The molecule has 1 unspecified atom stereocenters. The van der Waals surface area contributed by atoms with Crippen LogP contribution in [0.5, 0.6) is 0 Å². The van der Waals surface area contributed by atoms with Crippen LogP contribution in [-0.2, 0) is 11.2 Å². The van der Waals surface area contributed by atoms with Gasteiger partial charge in [0, 0.05) is 16.6 Å². The molecule has 0 bridgehead atoms. The van der Waals surface area contributed by atoms with E-state index in [0.717, 1.165) is 17.7 Å². The number of carbonyl (C=O) groups excluding carboxylic acids is 1. The highest BCUT2D eigenvalue weighted by atomic mass is 35.5. The predicted octanol–water partition coefficient (Wildman–Crippen LogP) is 5.40. The Bertz CT molecular complexity index is 622. The van der Waals surface area contributed by atoms with Crippen LogP contribution in [0.2, 0.25) is 5.02 Å². The maximum absolute atomic E-state index is 10.8. The van der Waals surface area contributed by atoms with E-state index in [1.165, 1.54) is 24.0 Å². The van der Waals surface area contributed by atoms with Gasteiger partial charge in [0.25, 0.3) is 0 Å². The third-order valence-electron chi connectivity index (χ3n) is 3.99. The number of hydrogen-bond donors (Lipinski definition) is 1. The summed E-state index contributed by atoms with van der Waals surface area (Å²) in [4.78, 5) is 10.8. The molecule has 2 nitrogen and oxygen atoms in total. The SMILES string of the molecule is CCCCc1ccc(C(C)c2cc(Cl)ccc2NC=O)cc1. The minimum absolute atomic E-state index is 0.168.